The number of rotatable bonds is 8. The molecule has 0 saturated heterocycles. The van der Waals surface area contributed by atoms with Crippen LogP contribution in [0.25, 0.3) is 11.1 Å². The summed E-state index contributed by atoms with van der Waals surface area (Å²) in [4.78, 5) is 18.1. The normalized spacial score (nSPS) is 18.7. The smallest absolute Gasteiger partial charge is 0.261 e. The molecular weight excluding hydrogens is 592 g/mol. The van der Waals surface area contributed by atoms with Crippen LogP contribution in [0.4, 0.5) is 8.78 Å². The van der Waals surface area contributed by atoms with Crippen molar-refractivity contribution in [2.75, 3.05) is 7.11 Å². The van der Waals surface area contributed by atoms with Crippen molar-refractivity contribution in [3.05, 3.63) is 64.8 Å². The summed E-state index contributed by atoms with van der Waals surface area (Å²) in [5.41, 5.74) is 6.50. The fourth-order valence-corrected chi connectivity index (χ4v) is 4.69. The number of thioether (sulfide) groups is 1. The molecule has 1 fully saturated rings. The van der Waals surface area contributed by atoms with Crippen LogP contribution in [0.3, 0.4) is 0 Å². The van der Waals surface area contributed by atoms with Crippen LogP contribution in [-0.2, 0) is 4.74 Å². The highest BCUT2D eigenvalue weighted by molar-refractivity contribution is 8.14. The number of amidine groups is 1. The minimum Gasteiger partial charge on any atom is -0.495 e. The van der Waals surface area contributed by atoms with Gasteiger partial charge >= 0.3 is 0 Å². The molecule has 1 amide bonds. The number of hydrazone groups is 1. The van der Waals surface area contributed by atoms with Gasteiger partial charge in [0.25, 0.3) is 12.3 Å². The maximum absolute atomic E-state index is 13.7. The molecule has 10 heteroatoms. The minimum atomic E-state index is -2.65. The lowest BCUT2D eigenvalue weighted by atomic mass is 9.93. The maximum atomic E-state index is 13.7. The van der Waals surface area contributed by atoms with Gasteiger partial charge in [0.2, 0.25) is 0 Å². The summed E-state index contributed by atoms with van der Waals surface area (Å²) in [7, 11) is 1.46. The van der Waals surface area contributed by atoms with Crippen molar-refractivity contribution in [3.63, 3.8) is 0 Å². The third-order valence-corrected chi connectivity index (χ3v) is 7.31. The topological polar surface area (TPSA) is 87.6 Å². The zero-order valence-corrected chi connectivity index (χ0v) is 28.9. The maximum Gasteiger partial charge on any atom is 0.261 e. The number of ether oxygens (including phenoxy) is 1. The first-order chi connectivity index (χ1) is 21.6. The number of hydrogen-bond donors (Lipinski definition) is 3. The summed E-state index contributed by atoms with van der Waals surface area (Å²) in [6.45, 7) is 16.5. The highest BCUT2D eigenvalue weighted by atomic mass is 32.2. The van der Waals surface area contributed by atoms with Gasteiger partial charge in [-0.3, -0.25) is 20.5 Å². The lowest BCUT2D eigenvalue weighted by Crippen LogP contribution is -2.34. The second kappa shape index (κ2) is 19.1. The number of halogens is 2. The molecule has 1 aromatic rings. The number of unbranched alkanes of at least 4 members (excludes halogenated alkanes) is 1. The second-order valence-corrected chi connectivity index (χ2v) is 12.2. The number of aromatic nitrogens is 1. The SMILES string of the molecule is CC.CCCC.COC1=CNC(C(F)F)C=C1c1cc(/C(C=C(C)C)=C/C(C)C)ncc1C(=O)NC1=NNC(C#CC2CC2)S1. The predicted molar refractivity (Wildman–Crippen MR) is 184 cm³/mol. The predicted octanol–water partition coefficient (Wildman–Crippen LogP) is 8.10. The first-order valence-electron chi connectivity index (χ1n) is 15.8. The van der Waals surface area contributed by atoms with E-state index in [1.165, 1.54) is 50.2 Å². The summed E-state index contributed by atoms with van der Waals surface area (Å²) in [5.74, 6) is 6.88. The Morgan fingerprint density at radius 3 is 2.44 bits per heavy atom. The van der Waals surface area contributed by atoms with Gasteiger partial charge in [0.1, 0.15) is 11.8 Å². The molecule has 0 bridgehead atoms. The van der Waals surface area contributed by atoms with Crippen molar-refractivity contribution >= 4 is 34.0 Å². The summed E-state index contributed by atoms with van der Waals surface area (Å²) in [5, 5.41) is 9.80. The molecule has 0 spiro atoms. The summed E-state index contributed by atoms with van der Waals surface area (Å²) < 4.78 is 32.9. The van der Waals surface area contributed by atoms with Crippen molar-refractivity contribution < 1.29 is 18.3 Å². The standard InChI is InChI=1S/C29H33F2N5O2S.C4H10.C2H6/c1-16(2)10-19(11-17(3)4)23-12-20(21-13-24(27(30)31)33-15-25(21)38-5)22(14-32-23)28(37)34-29-36-35-26(39-29)9-8-18-6-7-18;1-3-4-2;1-2/h10-16,18,24,26-27,33,35H,6-7H2,1-5H3,(H,34,36,37);3-4H2,1-2H3;1-2H3/b19-10+;;. The molecule has 1 aromatic heterocycles. The molecule has 2 aliphatic heterocycles. The van der Waals surface area contributed by atoms with E-state index in [1.54, 1.807) is 6.07 Å². The van der Waals surface area contributed by atoms with E-state index < -0.39 is 18.4 Å². The van der Waals surface area contributed by atoms with E-state index in [2.05, 4.69) is 71.8 Å². The minimum absolute atomic E-state index is 0.208. The number of pyridine rings is 1. The van der Waals surface area contributed by atoms with Gasteiger partial charge in [0.15, 0.2) is 10.5 Å². The van der Waals surface area contributed by atoms with Crippen molar-refractivity contribution in [2.24, 2.45) is 16.9 Å². The molecule has 0 radical (unpaired) electrons. The lowest BCUT2D eigenvalue weighted by Gasteiger charge is -2.24. The zero-order valence-electron chi connectivity index (χ0n) is 28.1. The van der Waals surface area contributed by atoms with Gasteiger partial charge in [-0.25, -0.2) is 8.78 Å². The number of amides is 1. The number of nitrogens with one attached hydrogen (secondary N) is 3. The van der Waals surface area contributed by atoms with E-state index in [4.69, 9.17) is 4.74 Å². The van der Waals surface area contributed by atoms with E-state index in [0.717, 1.165) is 24.0 Å². The van der Waals surface area contributed by atoms with Crippen LogP contribution in [0.15, 0.2) is 53.1 Å². The van der Waals surface area contributed by atoms with E-state index >= 15 is 0 Å². The largest absolute Gasteiger partial charge is 0.495 e. The number of nitrogens with zero attached hydrogens (tertiary/aromatic N) is 2. The van der Waals surface area contributed by atoms with Gasteiger partial charge in [-0.1, -0.05) is 84.0 Å². The number of alkyl halides is 2. The zero-order chi connectivity index (χ0) is 33.5. The Kier molecular flexibility index (Phi) is 15.9. The van der Waals surface area contributed by atoms with Gasteiger partial charge in [0.05, 0.1) is 18.4 Å². The Labute approximate surface area is 272 Å². The van der Waals surface area contributed by atoms with Crippen LogP contribution in [0, 0.1) is 23.7 Å². The van der Waals surface area contributed by atoms with Gasteiger partial charge in [-0.05, 0) is 62.1 Å². The monoisotopic (exact) mass is 641 g/mol. The number of methoxy groups -OCH3 is 1. The van der Waals surface area contributed by atoms with Gasteiger partial charge < -0.3 is 10.1 Å². The Morgan fingerprint density at radius 2 is 1.89 bits per heavy atom. The molecule has 45 heavy (non-hydrogen) atoms. The average Bonchev–Trinajstić information content (AvgIpc) is 3.76. The molecule has 0 aromatic carbocycles. The molecule has 7 nitrogen and oxygen atoms in total. The van der Waals surface area contributed by atoms with Crippen LogP contribution < -0.4 is 16.1 Å². The van der Waals surface area contributed by atoms with E-state index in [1.807, 2.05) is 33.8 Å². The summed E-state index contributed by atoms with van der Waals surface area (Å²) >= 11 is 1.31. The number of dihydropyridines is 1. The third kappa shape index (κ3) is 12.0. The van der Waals surface area contributed by atoms with E-state index in [0.29, 0.717) is 33.7 Å². The van der Waals surface area contributed by atoms with Gasteiger partial charge in [-0.15, -0.1) is 0 Å². The van der Waals surface area contributed by atoms with Crippen LogP contribution >= 0.6 is 11.8 Å². The number of carbonyl (C=O) groups excluding carboxylic acids is 1. The fourth-order valence-electron chi connectivity index (χ4n) is 3.98. The molecule has 1 aliphatic carbocycles. The first kappa shape index (κ1) is 37.6. The molecule has 2 unspecified atom stereocenters. The van der Waals surface area contributed by atoms with Crippen molar-refractivity contribution in [3.8, 4) is 11.8 Å². The lowest BCUT2D eigenvalue weighted by molar-refractivity contribution is 0.0977. The van der Waals surface area contributed by atoms with E-state index in [-0.39, 0.29) is 16.9 Å². The molecule has 1 saturated carbocycles. The van der Waals surface area contributed by atoms with Gasteiger partial charge in [0, 0.05) is 29.5 Å². The molecule has 3 heterocycles. The van der Waals surface area contributed by atoms with Crippen LogP contribution in [0.2, 0.25) is 0 Å². The average molecular weight is 642 g/mol. The Morgan fingerprint density at radius 1 is 1.20 bits per heavy atom. The molecule has 246 valence electrons. The quantitative estimate of drug-likeness (QED) is 0.196. The van der Waals surface area contributed by atoms with Crippen LogP contribution in [-0.4, -0.2) is 41.0 Å². The number of hydrogen-bond acceptors (Lipinski definition) is 7. The fraction of sp³-hybridized carbons (Fsp3) is 0.514. The summed E-state index contributed by atoms with van der Waals surface area (Å²) in [6.07, 6.45) is 10.6. The Hall–Kier alpha value is -3.58. The molecular formula is C35H49F2N5O2S. The summed E-state index contributed by atoms with van der Waals surface area (Å²) in [6, 6.07) is 0.514. The number of allylic oxidation sites excluding steroid dienone is 5. The first-order valence-corrected chi connectivity index (χ1v) is 16.6. The highest BCUT2D eigenvalue weighted by Crippen LogP contribution is 2.33. The molecule has 2 atom stereocenters. The van der Waals surface area contributed by atoms with E-state index in [9.17, 15) is 13.6 Å². The van der Waals surface area contributed by atoms with Crippen molar-refractivity contribution in [1.29, 1.82) is 0 Å². The van der Waals surface area contributed by atoms with Gasteiger partial charge in [-0.2, -0.15) is 5.10 Å². The Balaban J connectivity index is 0.00000109. The Bertz CT molecular complexity index is 1360. The van der Waals surface area contributed by atoms with Crippen molar-refractivity contribution in [1.82, 2.24) is 21.0 Å². The number of carbonyl (C=O) groups is 1. The van der Waals surface area contributed by atoms with Crippen molar-refractivity contribution in [2.45, 2.75) is 98.9 Å². The second-order valence-electron chi connectivity index (χ2n) is 11.1. The van der Waals surface area contributed by atoms with Crippen LogP contribution in [0.5, 0.6) is 0 Å². The molecule has 4 rings (SSSR count). The highest BCUT2D eigenvalue weighted by Gasteiger charge is 2.28. The van der Waals surface area contributed by atoms with Crippen LogP contribution in [0.1, 0.15) is 103 Å². The third-order valence-electron chi connectivity index (χ3n) is 6.43. The molecule has 3 aliphatic rings. The molecule has 3 N–H and O–H groups in total.